The molecule has 0 radical (unpaired) electrons. The van der Waals surface area contributed by atoms with Gasteiger partial charge in [0.2, 0.25) is 0 Å². The molecule has 0 spiro atoms. The Morgan fingerprint density at radius 3 is 2.47 bits per heavy atom. The van der Waals surface area contributed by atoms with Crippen LogP contribution in [-0.2, 0) is 11.3 Å². The summed E-state index contributed by atoms with van der Waals surface area (Å²) in [5, 5.41) is 10.5. The first kappa shape index (κ1) is 21.9. The first-order valence-corrected chi connectivity index (χ1v) is 10.6. The number of carbonyl (C=O) groups is 1. The summed E-state index contributed by atoms with van der Waals surface area (Å²) in [7, 11) is 1.88. The van der Waals surface area contributed by atoms with Crippen LogP contribution in [0.1, 0.15) is 19.4 Å². The highest BCUT2D eigenvalue weighted by molar-refractivity contribution is 8.03. The van der Waals surface area contributed by atoms with Crippen LogP contribution < -0.4 is 4.90 Å². The number of nitrogens with zero attached hydrogens (tertiary/aromatic N) is 2. The zero-order valence-corrected chi connectivity index (χ0v) is 17.9. The Morgan fingerprint density at radius 1 is 1.17 bits per heavy atom. The molecule has 3 rings (SSSR count). The summed E-state index contributed by atoms with van der Waals surface area (Å²) in [5.74, 6) is -0.973. The smallest absolute Gasteiger partial charge is 0.338 e. The third-order valence-corrected chi connectivity index (χ3v) is 5.96. The molecule has 2 aromatic rings. The number of likely N-dealkylation sites (N-methyl/N-ethyl adjacent to an activating group) is 1. The molecule has 1 N–H and O–H groups in total. The van der Waals surface area contributed by atoms with E-state index in [1.54, 1.807) is 25.1 Å². The molecule has 1 atom stereocenters. The molecule has 30 heavy (non-hydrogen) atoms. The Hall–Kier alpha value is -2.80. The molecule has 1 aliphatic rings. The van der Waals surface area contributed by atoms with Crippen molar-refractivity contribution in [3.05, 3.63) is 88.0 Å². The topological polar surface area (TPSA) is 43.8 Å². The molecule has 2 aromatic carbocycles. The van der Waals surface area contributed by atoms with Crippen molar-refractivity contribution in [2.45, 2.75) is 26.6 Å². The highest BCUT2D eigenvalue weighted by atomic mass is 32.2. The summed E-state index contributed by atoms with van der Waals surface area (Å²) in [5.41, 5.74) is 2.43. The van der Waals surface area contributed by atoms with Crippen LogP contribution in [0, 0.1) is 11.6 Å². The number of hydrogen-bond donors (Lipinski definition) is 1. The monoisotopic (exact) mass is 430 g/mol. The molecule has 4 nitrogen and oxygen atoms in total. The highest BCUT2D eigenvalue weighted by Crippen LogP contribution is 2.37. The number of hydrogen-bond acceptors (Lipinski definition) is 4. The molecule has 1 aliphatic heterocycles. The third-order valence-electron chi connectivity index (χ3n) is 4.96. The lowest BCUT2D eigenvalue weighted by Crippen LogP contribution is -2.47. The molecule has 0 aromatic heterocycles. The molecule has 0 saturated carbocycles. The van der Waals surface area contributed by atoms with Gasteiger partial charge in [0, 0.05) is 19.3 Å². The van der Waals surface area contributed by atoms with E-state index in [2.05, 4.69) is 0 Å². The molecular weight excluding hydrogens is 406 g/mol. The maximum Gasteiger partial charge on any atom is 0.338 e. The molecule has 1 unspecified atom stereocenters. The van der Waals surface area contributed by atoms with Gasteiger partial charge >= 0.3 is 5.97 Å². The summed E-state index contributed by atoms with van der Waals surface area (Å²) in [6.45, 7) is 4.07. The van der Waals surface area contributed by atoms with Crippen LogP contribution in [0.3, 0.4) is 0 Å². The summed E-state index contributed by atoms with van der Waals surface area (Å²) >= 11 is 1.45. The Morgan fingerprint density at radius 2 is 1.87 bits per heavy atom. The molecule has 0 saturated heterocycles. The fourth-order valence-electron chi connectivity index (χ4n) is 3.53. The van der Waals surface area contributed by atoms with E-state index in [9.17, 15) is 18.7 Å². The van der Waals surface area contributed by atoms with Crippen LogP contribution >= 0.6 is 11.8 Å². The van der Waals surface area contributed by atoms with Crippen molar-refractivity contribution in [3.8, 4) is 0 Å². The molecule has 158 valence electrons. The van der Waals surface area contributed by atoms with E-state index in [4.69, 9.17) is 0 Å². The minimum absolute atomic E-state index is 0.252. The normalized spacial score (nSPS) is 16.5. The number of thioether (sulfide) groups is 1. The summed E-state index contributed by atoms with van der Waals surface area (Å²) in [6.07, 6.45) is 1.56. The van der Waals surface area contributed by atoms with Gasteiger partial charge in [0.15, 0.2) is 0 Å². The van der Waals surface area contributed by atoms with Crippen molar-refractivity contribution in [3.63, 3.8) is 0 Å². The predicted molar refractivity (Wildman–Crippen MR) is 117 cm³/mol. The molecule has 0 bridgehead atoms. The second kappa shape index (κ2) is 9.34. The van der Waals surface area contributed by atoms with Crippen molar-refractivity contribution in [2.24, 2.45) is 0 Å². The van der Waals surface area contributed by atoms with E-state index in [-0.39, 0.29) is 23.4 Å². The quantitative estimate of drug-likeness (QED) is 0.651. The van der Waals surface area contributed by atoms with Gasteiger partial charge in [0.25, 0.3) is 0 Å². The molecule has 7 heteroatoms. The van der Waals surface area contributed by atoms with E-state index < -0.39 is 5.97 Å². The van der Waals surface area contributed by atoms with Crippen LogP contribution in [0.25, 0.3) is 0 Å². The molecular formula is C23H24F2N2O2S. The maximum absolute atomic E-state index is 13.8. The van der Waals surface area contributed by atoms with E-state index in [0.29, 0.717) is 22.9 Å². The number of rotatable bonds is 7. The Labute approximate surface area is 179 Å². The van der Waals surface area contributed by atoms with Gasteiger partial charge in [-0.25, -0.2) is 13.6 Å². The van der Waals surface area contributed by atoms with Gasteiger partial charge in [-0.15, -0.1) is 11.8 Å². The van der Waals surface area contributed by atoms with Crippen molar-refractivity contribution in [1.29, 1.82) is 0 Å². The fraction of sp³-hybridized carbons (Fsp3) is 0.261. The number of carboxylic acids is 1. The Balaban J connectivity index is 2.08. The summed E-state index contributed by atoms with van der Waals surface area (Å²) in [6, 6.07) is 12.4. The lowest BCUT2D eigenvalue weighted by atomic mass is 10.0. The number of halogens is 2. The standard InChI is InChI=1S/C23H24F2N2O2S/c1-4-30-22-21(23(28)29)15(2)12-20(26(3)19-10-8-17(24)9-11-19)27(22)14-16-6-5-7-18(25)13-16/h5-13,20H,4,14H2,1-3H3,(H,28,29). The van der Waals surface area contributed by atoms with Crippen LogP contribution in [0.5, 0.6) is 0 Å². The van der Waals surface area contributed by atoms with Gasteiger partial charge in [-0.05, 0) is 66.3 Å². The van der Waals surface area contributed by atoms with Gasteiger partial charge < -0.3 is 14.9 Å². The average Bonchev–Trinajstić information content (AvgIpc) is 2.70. The largest absolute Gasteiger partial charge is 0.478 e. The molecule has 0 aliphatic carbocycles. The van der Waals surface area contributed by atoms with Gasteiger partial charge in [0.1, 0.15) is 17.8 Å². The third kappa shape index (κ3) is 4.67. The Bertz CT molecular complexity index is 989. The lowest BCUT2D eigenvalue weighted by Gasteiger charge is -2.43. The fourth-order valence-corrected chi connectivity index (χ4v) is 4.53. The van der Waals surface area contributed by atoms with Crippen molar-refractivity contribution < 1.29 is 18.7 Å². The van der Waals surface area contributed by atoms with E-state index in [1.807, 2.05) is 35.9 Å². The van der Waals surface area contributed by atoms with E-state index >= 15 is 0 Å². The van der Waals surface area contributed by atoms with Crippen LogP contribution in [0.15, 0.2) is 70.8 Å². The predicted octanol–water partition coefficient (Wildman–Crippen LogP) is 5.24. The molecule has 0 fully saturated rings. The first-order valence-electron chi connectivity index (χ1n) is 9.60. The van der Waals surface area contributed by atoms with Crippen molar-refractivity contribution in [2.75, 3.05) is 17.7 Å². The summed E-state index contributed by atoms with van der Waals surface area (Å²) < 4.78 is 27.2. The van der Waals surface area contributed by atoms with Gasteiger partial charge in [-0.2, -0.15) is 0 Å². The van der Waals surface area contributed by atoms with E-state index in [1.165, 1.54) is 36.0 Å². The molecule has 0 amide bonds. The average molecular weight is 431 g/mol. The Kier molecular flexibility index (Phi) is 6.82. The van der Waals surface area contributed by atoms with Crippen LogP contribution in [0.4, 0.5) is 14.5 Å². The van der Waals surface area contributed by atoms with Crippen LogP contribution in [0.2, 0.25) is 0 Å². The first-order chi connectivity index (χ1) is 14.3. The minimum Gasteiger partial charge on any atom is -0.478 e. The number of aliphatic carboxylic acids is 1. The van der Waals surface area contributed by atoms with Crippen molar-refractivity contribution in [1.82, 2.24) is 4.90 Å². The molecule has 1 heterocycles. The maximum atomic E-state index is 13.8. The summed E-state index contributed by atoms with van der Waals surface area (Å²) in [4.78, 5) is 15.9. The van der Waals surface area contributed by atoms with Gasteiger partial charge in [-0.1, -0.05) is 19.1 Å². The van der Waals surface area contributed by atoms with Gasteiger partial charge in [-0.3, -0.25) is 0 Å². The van der Waals surface area contributed by atoms with Gasteiger partial charge in [0.05, 0.1) is 10.6 Å². The minimum atomic E-state index is -0.994. The van der Waals surface area contributed by atoms with E-state index in [0.717, 1.165) is 11.3 Å². The number of benzene rings is 2. The lowest BCUT2D eigenvalue weighted by molar-refractivity contribution is -0.132. The highest BCUT2D eigenvalue weighted by Gasteiger charge is 2.33. The van der Waals surface area contributed by atoms with Crippen molar-refractivity contribution >= 4 is 23.4 Å². The van der Waals surface area contributed by atoms with Crippen LogP contribution in [-0.4, -0.2) is 34.9 Å². The number of carboxylic acid groups (broad SMARTS) is 1. The second-order valence-corrected chi connectivity index (χ2v) is 8.28. The zero-order valence-electron chi connectivity index (χ0n) is 17.1. The number of anilines is 1. The SMILES string of the molecule is CCSC1=C(C(=O)O)C(C)=CC(N(C)c2ccc(F)cc2)N1Cc1cccc(F)c1. The second-order valence-electron chi connectivity index (χ2n) is 7.03. The zero-order chi connectivity index (χ0) is 21.8.